The van der Waals surface area contributed by atoms with Crippen molar-refractivity contribution in [2.45, 2.75) is 6.54 Å². The van der Waals surface area contributed by atoms with Crippen LogP contribution < -0.4 is 0 Å². The Kier molecular flexibility index (Phi) is 4.62. The molecule has 1 aromatic rings. The average Bonchev–Trinajstić information content (AvgIpc) is 2.73. The van der Waals surface area contributed by atoms with Gasteiger partial charge in [-0.15, -0.1) is 6.42 Å². The van der Waals surface area contributed by atoms with Gasteiger partial charge in [-0.25, -0.2) is 0 Å². The summed E-state index contributed by atoms with van der Waals surface area (Å²) < 4.78 is 6.84. The lowest BCUT2D eigenvalue weighted by molar-refractivity contribution is 0.0799. The molecule has 4 heteroatoms. The molecule has 0 aliphatic carbocycles. The van der Waals surface area contributed by atoms with Crippen LogP contribution in [0.25, 0.3) is 0 Å². The van der Waals surface area contributed by atoms with E-state index in [4.69, 9.17) is 11.2 Å². The Bertz CT molecular complexity index is 390. The SMILES string of the molecule is C#CCN(C)C(=O)c1cccn1CCOC. The third-order valence-electron chi connectivity index (χ3n) is 2.26. The van der Waals surface area contributed by atoms with Crippen LogP contribution in [0.1, 0.15) is 10.5 Å². The van der Waals surface area contributed by atoms with E-state index in [0.29, 0.717) is 25.4 Å². The molecule has 1 rings (SSSR count). The molecule has 0 aromatic carbocycles. The fourth-order valence-corrected chi connectivity index (χ4v) is 1.40. The molecule has 4 nitrogen and oxygen atoms in total. The van der Waals surface area contributed by atoms with Crippen LogP contribution in [-0.4, -0.2) is 42.7 Å². The second-order valence-electron chi connectivity index (χ2n) is 3.44. The standard InChI is InChI=1S/C12H16N2O2/c1-4-7-13(2)12(15)11-6-5-8-14(11)9-10-16-3/h1,5-6,8H,7,9-10H2,2-3H3. The van der Waals surface area contributed by atoms with Crippen molar-refractivity contribution < 1.29 is 9.53 Å². The van der Waals surface area contributed by atoms with Gasteiger partial charge in [-0.05, 0) is 12.1 Å². The molecular formula is C12H16N2O2. The van der Waals surface area contributed by atoms with Gasteiger partial charge in [-0.3, -0.25) is 4.79 Å². The Balaban J connectivity index is 2.75. The maximum Gasteiger partial charge on any atom is 0.271 e. The van der Waals surface area contributed by atoms with Crippen LogP contribution in [0, 0.1) is 12.3 Å². The molecule has 1 aromatic heterocycles. The minimum atomic E-state index is -0.0703. The highest BCUT2D eigenvalue weighted by Gasteiger charge is 2.14. The third kappa shape index (κ3) is 2.88. The highest BCUT2D eigenvalue weighted by Crippen LogP contribution is 2.05. The second kappa shape index (κ2) is 5.99. The summed E-state index contributed by atoms with van der Waals surface area (Å²) in [5.74, 6) is 2.37. The van der Waals surface area contributed by atoms with Crippen molar-refractivity contribution in [1.29, 1.82) is 0 Å². The summed E-state index contributed by atoms with van der Waals surface area (Å²) in [5, 5.41) is 0. The first-order valence-corrected chi connectivity index (χ1v) is 5.03. The third-order valence-corrected chi connectivity index (χ3v) is 2.26. The number of aromatic nitrogens is 1. The molecule has 0 aliphatic rings. The molecule has 1 heterocycles. The minimum Gasteiger partial charge on any atom is -0.383 e. The van der Waals surface area contributed by atoms with E-state index >= 15 is 0 Å². The Morgan fingerprint density at radius 1 is 1.69 bits per heavy atom. The van der Waals surface area contributed by atoms with Crippen LogP contribution in [0.5, 0.6) is 0 Å². The molecule has 0 N–H and O–H groups in total. The van der Waals surface area contributed by atoms with E-state index in [2.05, 4.69) is 5.92 Å². The van der Waals surface area contributed by atoms with Gasteiger partial charge >= 0.3 is 0 Å². The van der Waals surface area contributed by atoms with E-state index in [9.17, 15) is 4.79 Å². The largest absolute Gasteiger partial charge is 0.383 e. The van der Waals surface area contributed by atoms with E-state index in [1.54, 1.807) is 20.2 Å². The number of carbonyl (C=O) groups excluding carboxylic acids is 1. The number of carbonyl (C=O) groups is 1. The molecule has 1 amide bonds. The summed E-state index contributed by atoms with van der Waals surface area (Å²) in [6.45, 7) is 1.55. The van der Waals surface area contributed by atoms with Gasteiger partial charge in [0.25, 0.3) is 5.91 Å². The summed E-state index contributed by atoms with van der Waals surface area (Å²) in [7, 11) is 3.32. The monoisotopic (exact) mass is 220 g/mol. The van der Waals surface area contributed by atoms with Crippen LogP contribution in [0.2, 0.25) is 0 Å². The van der Waals surface area contributed by atoms with Gasteiger partial charge in [0.1, 0.15) is 5.69 Å². The normalized spacial score (nSPS) is 9.81. The quantitative estimate of drug-likeness (QED) is 0.689. The van der Waals surface area contributed by atoms with E-state index < -0.39 is 0 Å². The fraction of sp³-hybridized carbons (Fsp3) is 0.417. The predicted molar refractivity (Wildman–Crippen MR) is 62.1 cm³/mol. The topological polar surface area (TPSA) is 34.5 Å². The van der Waals surface area contributed by atoms with E-state index in [0.717, 1.165) is 0 Å². The van der Waals surface area contributed by atoms with Crippen molar-refractivity contribution in [3.63, 3.8) is 0 Å². The molecule has 0 spiro atoms. The zero-order valence-corrected chi connectivity index (χ0v) is 9.64. The summed E-state index contributed by atoms with van der Waals surface area (Å²) in [6, 6.07) is 3.62. The number of methoxy groups -OCH3 is 1. The zero-order chi connectivity index (χ0) is 12.0. The van der Waals surface area contributed by atoms with Crippen molar-refractivity contribution in [1.82, 2.24) is 9.47 Å². The second-order valence-corrected chi connectivity index (χ2v) is 3.44. The van der Waals surface area contributed by atoms with E-state index in [1.165, 1.54) is 4.90 Å². The molecule has 86 valence electrons. The van der Waals surface area contributed by atoms with Gasteiger partial charge < -0.3 is 14.2 Å². The van der Waals surface area contributed by atoms with Gasteiger partial charge in [-0.1, -0.05) is 5.92 Å². The Morgan fingerprint density at radius 2 is 2.44 bits per heavy atom. The Morgan fingerprint density at radius 3 is 3.06 bits per heavy atom. The van der Waals surface area contributed by atoms with Gasteiger partial charge in [0.15, 0.2) is 0 Å². The first-order valence-electron chi connectivity index (χ1n) is 5.03. The maximum atomic E-state index is 11.9. The smallest absolute Gasteiger partial charge is 0.271 e. The molecule has 0 saturated heterocycles. The van der Waals surface area contributed by atoms with Crippen LogP contribution in [0.15, 0.2) is 18.3 Å². The number of rotatable bonds is 5. The molecule has 0 unspecified atom stereocenters. The molecular weight excluding hydrogens is 204 g/mol. The number of nitrogens with zero attached hydrogens (tertiary/aromatic N) is 2. The van der Waals surface area contributed by atoms with Gasteiger partial charge in [-0.2, -0.15) is 0 Å². The van der Waals surface area contributed by atoms with Gasteiger partial charge in [0.05, 0.1) is 13.2 Å². The van der Waals surface area contributed by atoms with Crippen molar-refractivity contribution in [2.75, 3.05) is 27.3 Å². The average molecular weight is 220 g/mol. The number of hydrogen-bond donors (Lipinski definition) is 0. The highest BCUT2D eigenvalue weighted by atomic mass is 16.5. The van der Waals surface area contributed by atoms with Crippen molar-refractivity contribution in [3.8, 4) is 12.3 Å². The van der Waals surface area contributed by atoms with Crippen LogP contribution in [0.4, 0.5) is 0 Å². The number of hydrogen-bond acceptors (Lipinski definition) is 2. The van der Waals surface area contributed by atoms with E-state index in [-0.39, 0.29) is 5.91 Å². The summed E-state index contributed by atoms with van der Waals surface area (Å²) in [5.41, 5.74) is 0.634. The maximum absolute atomic E-state index is 11.9. The summed E-state index contributed by atoms with van der Waals surface area (Å²) >= 11 is 0. The summed E-state index contributed by atoms with van der Waals surface area (Å²) in [6.07, 6.45) is 7.03. The molecule has 0 saturated carbocycles. The molecule has 0 aliphatic heterocycles. The first-order chi connectivity index (χ1) is 7.70. The molecule has 0 bridgehead atoms. The lowest BCUT2D eigenvalue weighted by Crippen LogP contribution is -2.29. The first kappa shape index (κ1) is 12.3. The Labute approximate surface area is 95.8 Å². The van der Waals surface area contributed by atoms with Crippen molar-refractivity contribution >= 4 is 5.91 Å². The molecule has 0 atom stereocenters. The fourth-order valence-electron chi connectivity index (χ4n) is 1.40. The van der Waals surface area contributed by atoms with E-state index in [1.807, 2.05) is 16.8 Å². The zero-order valence-electron chi connectivity index (χ0n) is 9.64. The Hall–Kier alpha value is -1.73. The number of amides is 1. The van der Waals surface area contributed by atoms with Crippen molar-refractivity contribution in [3.05, 3.63) is 24.0 Å². The molecule has 0 radical (unpaired) electrons. The molecule has 16 heavy (non-hydrogen) atoms. The van der Waals surface area contributed by atoms with Gasteiger partial charge in [0.2, 0.25) is 0 Å². The minimum absolute atomic E-state index is 0.0703. The van der Waals surface area contributed by atoms with Gasteiger partial charge in [0, 0.05) is 26.9 Å². The van der Waals surface area contributed by atoms with Crippen LogP contribution in [-0.2, 0) is 11.3 Å². The lowest BCUT2D eigenvalue weighted by Gasteiger charge is -2.15. The van der Waals surface area contributed by atoms with Crippen molar-refractivity contribution in [2.24, 2.45) is 0 Å². The number of ether oxygens (including phenoxy) is 1. The number of terminal acetylenes is 1. The van der Waals surface area contributed by atoms with Crippen LogP contribution in [0.3, 0.4) is 0 Å². The van der Waals surface area contributed by atoms with Crippen LogP contribution >= 0.6 is 0 Å². The highest BCUT2D eigenvalue weighted by molar-refractivity contribution is 5.92. The molecule has 0 fully saturated rings. The summed E-state index contributed by atoms with van der Waals surface area (Å²) in [4.78, 5) is 13.5. The lowest BCUT2D eigenvalue weighted by atomic mass is 10.3. The predicted octanol–water partition coefficient (Wildman–Crippen LogP) is 0.840.